The fourth-order valence-electron chi connectivity index (χ4n) is 1.59. The minimum Gasteiger partial charge on any atom is -0.314 e. The molecule has 0 radical (unpaired) electrons. The molecule has 0 aliphatic rings. The summed E-state index contributed by atoms with van der Waals surface area (Å²) >= 11 is 0. The monoisotopic (exact) mass is 269 g/mol. The van der Waals surface area contributed by atoms with Crippen LogP contribution in [0.2, 0.25) is 0 Å². The highest BCUT2D eigenvalue weighted by Crippen LogP contribution is 2.10. The van der Waals surface area contributed by atoms with E-state index in [4.69, 9.17) is 10.5 Å². The standard InChI is InChI=1S/C13H8FN5O/c14-9-4-2-1-3-8(9)5-12(20)19-13-17-10(6-15)11(7-16)18-13/h1-4H,5H2,(H2,17,18,19,20). The van der Waals surface area contributed by atoms with Crippen molar-refractivity contribution in [3.63, 3.8) is 0 Å². The number of carbonyl (C=O) groups excluding carboxylic acids is 1. The Morgan fingerprint density at radius 1 is 1.35 bits per heavy atom. The van der Waals surface area contributed by atoms with E-state index >= 15 is 0 Å². The fraction of sp³-hybridized carbons (Fsp3) is 0.0769. The van der Waals surface area contributed by atoms with Crippen molar-refractivity contribution in [2.45, 2.75) is 6.42 Å². The van der Waals surface area contributed by atoms with E-state index in [0.29, 0.717) is 0 Å². The van der Waals surface area contributed by atoms with Crippen LogP contribution in [0, 0.1) is 28.5 Å². The van der Waals surface area contributed by atoms with Crippen LogP contribution in [0.5, 0.6) is 0 Å². The van der Waals surface area contributed by atoms with Crippen LogP contribution in [0.4, 0.5) is 10.3 Å². The van der Waals surface area contributed by atoms with E-state index in [1.807, 2.05) is 0 Å². The highest BCUT2D eigenvalue weighted by atomic mass is 19.1. The van der Waals surface area contributed by atoms with Gasteiger partial charge in [0, 0.05) is 0 Å². The summed E-state index contributed by atoms with van der Waals surface area (Å²) in [4.78, 5) is 18.0. The minimum absolute atomic E-state index is 0.0144. The van der Waals surface area contributed by atoms with Gasteiger partial charge < -0.3 is 4.98 Å². The number of amides is 1. The number of nitriles is 2. The van der Waals surface area contributed by atoms with Crippen LogP contribution >= 0.6 is 0 Å². The number of H-pyrrole nitrogens is 1. The largest absolute Gasteiger partial charge is 0.314 e. The summed E-state index contributed by atoms with van der Waals surface area (Å²) in [6, 6.07) is 9.38. The van der Waals surface area contributed by atoms with Gasteiger partial charge in [0.15, 0.2) is 11.4 Å². The summed E-state index contributed by atoms with van der Waals surface area (Å²) in [5.41, 5.74) is 0.111. The van der Waals surface area contributed by atoms with Gasteiger partial charge >= 0.3 is 0 Å². The number of hydrogen-bond acceptors (Lipinski definition) is 4. The van der Waals surface area contributed by atoms with E-state index in [0.717, 1.165) is 0 Å². The van der Waals surface area contributed by atoms with Crippen molar-refractivity contribution in [1.29, 1.82) is 10.5 Å². The molecule has 7 heteroatoms. The number of hydrogen-bond donors (Lipinski definition) is 2. The first-order valence-corrected chi connectivity index (χ1v) is 5.57. The van der Waals surface area contributed by atoms with Gasteiger partial charge in [0.2, 0.25) is 11.9 Å². The molecule has 1 aromatic heterocycles. The molecule has 0 bridgehead atoms. The van der Waals surface area contributed by atoms with Crippen molar-refractivity contribution >= 4 is 11.9 Å². The molecule has 1 aromatic carbocycles. The van der Waals surface area contributed by atoms with Crippen molar-refractivity contribution in [2.24, 2.45) is 0 Å². The smallest absolute Gasteiger partial charge is 0.231 e. The molecule has 1 heterocycles. The summed E-state index contributed by atoms with van der Waals surface area (Å²) in [5.74, 6) is -0.991. The molecule has 2 aromatic rings. The van der Waals surface area contributed by atoms with Crippen LogP contribution in [-0.4, -0.2) is 15.9 Å². The molecule has 0 unspecified atom stereocenters. The molecule has 0 saturated carbocycles. The van der Waals surface area contributed by atoms with Crippen molar-refractivity contribution in [3.05, 3.63) is 47.0 Å². The minimum atomic E-state index is -0.502. The molecule has 1 amide bonds. The Labute approximate surface area is 113 Å². The zero-order valence-electron chi connectivity index (χ0n) is 10.1. The van der Waals surface area contributed by atoms with Gasteiger partial charge in [-0.1, -0.05) is 18.2 Å². The number of imidazole rings is 1. The molecule has 0 fully saturated rings. The van der Waals surface area contributed by atoms with Gasteiger partial charge in [0.1, 0.15) is 18.0 Å². The summed E-state index contributed by atoms with van der Waals surface area (Å²) < 4.78 is 13.4. The van der Waals surface area contributed by atoms with Crippen molar-refractivity contribution in [1.82, 2.24) is 9.97 Å². The first kappa shape index (κ1) is 13.2. The number of rotatable bonds is 3. The Kier molecular flexibility index (Phi) is 3.73. The predicted molar refractivity (Wildman–Crippen MR) is 66.8 cm³/mol. The number of carbonyl (C=O) groups is 1. The highest BCUT2D eigenvalue weighted by molar-refractivity contribution is 5.90. The zero-order valence-corrected chi connectivity index (χ0v) is 10.1. The molecule has 2 N–H and O–H groups in total. The first-order chi connectivity index (χ1) is 9.63. The number of benzene rings is 1. The molecule has 0 aliphatic heterocycles. The third-order valence-corrected chi connectivity index (χ3v) is 2.49. The Hall–Kier alpha value is -3.19. The fourth-order valence-corrected chi connectivity index (χ4v) is 1.59. The second kappa shape index (κ2) is 5.63. The van der Waals surface area contributed by atoms with E-state index in [1.54, 1.807) is 18.2 Å². The maximum atomic E-state index is 13.4. The molecular weight excluding hydrogens is 261 g/mol. The molecule has 6 nitrogen and oxygen atoms in total. The van der Waals surface area contributed by atoms with Gasteiger partial charge in [0.25, 0.3) is 0 Å². The van der Waals surface area contributed by atoms with Gasteiger partial charge in [-0.25, -0.2) is 9.37 Å². The third-order valence-electron chi connectivity index (χ3n) is 2.49. The lowest BCUT2D eigenvalue weighted by Crippen LogP contribution is -2.16. The quantitative estimate of drug-likeness (QED) is 0.880. The highest BCUT2D eigenvalue weighted by Gasteiger charge is 2.13. The Morgan fingerprint density at radius 3 is 2.70 bits per heavy atom. The van der Waals surface area contributed by atoms with Crippen LogP contribution in [0.15, 0.2) is 24.3 Å². The third kappa shape index (κ3) is 2.79. The molecular formula is C13H8FN5O. The average Bonchev–Trinajstić information content (AvgIpc) is 2.83. The van der Waals surface area contributed by atoms with Crippen LogP contribution < -0.4 is 5.32 Å². The maximum Gasteiger partial charge on any atom is 0.231 e. The summed E-state index contributed by atoms with van der Waals surface area (Å²) in [6.45, 7) is 0. The van der Waals surface area contributed by atoms with Crippen molar-refractivity contribution in [2.75, 3.05) is 5.32 Å². The molecule has 2 rings (SSSR count). The summed E-state index contributed by atoms with van der Waals surface area (Å²) in [5, 5.41) is 19.8. The zero-order chi connectivity index (χ0) is 14.5. The molecule has 0 spiro atoms. The summed E-state index contributed by atoms with van der Waals surface area (Å²) in [7, 11) is 0. The Morgan fingerprint density at radius 2 is 2.10 bits per heavy atom. The van der Waals surface area contributed by atoms with E-state index in [-0.39, 0.29) is 29.3 Å². The number of nitrogens with zero attached hydrogens (tertiary/aromatic N) is 3. The lowest BCUT2D eigenvalue weighted by molar-refractivity contribution is -0.115. The van der Waals surface area contributed by atoms with Crippen LogP contribution in [-0.2, 0) is 11.2 Å². The number of nitrogens with one attached hydrogen (secondary N) is 2. The lowest BCUT2D eigenvalue weighted by atomic mass is 10.1. The Balaban J connectivity index is 2.10. The van der Waals surface area contributed by atoms with E-state index in [1.165, 1.54) is 18.2 Å². The van der Waals surface area contributed by atoms with Crippen molar-refractivity contribution < 1.29 is 9.18 Å². The SMILES string of the molecule is N#Cc1nc(NC(=O)Cc2ccccc2F)[nH]c1C#N. The van der Waals surface area contributed by atoms with E-state index < -0.39 is 11.7 Å². The van der Waals surface area contributed by atoms with E-state index in [9.17, 15) is 9.18 Å². The second-order valence-corrected chi connectivity index (χ2v) is 3.85. The lowest BCUT2D eigenvalue weighted by Gasteiger charge is -2.03. The van der Waals surface area contributed by atoms with E-state index in [2.05, 4.69) is 15.3 Å². The van der Waals surface area contributed by atoms with Crippen LogP contribution in [0.1, 0.15) is 17.0 Å². The van der Waals surface area contributed by atoms with Crippen LogP contribution in [0.3, 0.4) is 0 Å². The first-order valence-electron chi connectivity index (χ1n) is 5.57. The topological polar surface area (TPSA) is 105 Å². The average molecular weight is 269 g/mol. The number of anilines is 1. The predicted octanol–water partition coefficient (Wildman–Crippen LogP) is 1.47. The van der Waals surface area contributed by atoms with Gasteiger partial charge in [-0.3, -0.25) is 10.1 Å². The Bertz CT molecular complexity index is 706. The number of aromatic nitrogens is 2. The van der Waals surface area contributed by atoms with Gasteiger partial charge in [-0.15, -0.1) is 0 Å². The normalized spacial score (nSPS) is 9.55. The van der Waals surface area contributed by atoms with Crippen molar-refractivity contribution in [3.8, 4) is 12.1 Å². The van der Waals surface area contributed by atoms with Gasteiger partial charge in [0.05, 0.1) is 6.42 Å². The molecule has 0 atom stereocenters. The van der Waals surface area contributed by atoms with Gasteiger partial charge in [-0.05, 0) is 11.6 Å². The van der Waals surface area contributed by atoms with Crippen LogP contribution in [0.25, 0.3) is 0 Å². The second-order valence-electron chi connectivity index (χ2n) is 3.85. The maximum absolute atomic E-state index is 13.4. The molecule has 98 valence electrons. The number of aromatic amines is 1. The molecule has 0 saturated heterocycles. The molecule has 20 heavy (non-hydrogen) atoms. The van der Waals surface area contributed by atoms with Gasteiger partial charge in [-0.2, -0.15) is 10.5 Å². The molecule has 0 aliphatic carbocycles. The summed E-state index contributed by atoms with van der Waals surface area (Å²) in [6.07, 6.45) is -0.169. The number of halogens is 1.